The molecule has 0 bridgehead atoms. The van der Waals surface area contributed by atoms with Gasteiger partial charge in [-0.3, -0.25) is 9.59 Å². The first-order chi connectivity index (χ1) is 12.6. The van der Waals surface area contributed by atoms with Crippen LogP contribution in [-0.2, 0) is 20.4 Å². The summed E-state index contributed by atoms with van der Waals surface area (Å²) in [7, 11) is 0.123. The number of sulfone groups is 1. The maximum atomic E-state index is 12.4. The van der Waals surface area contributed by atoms with Crippen LogP contribution in [0.25, 0.3) is 0 Å². The van der Waals surface area contributed by atoms with Crippen molar-refractivity contribution in [1.29, 1.82) is 0 Å². The minimum absolute atomic E-state index is 0.0637. The third-order valence-electron chi connectivity index (χ3n) is 3.59. The largest absolute Gasteiger partial charge is 0.484 e. The van der Waals surface area contributed by atoms with E-state index in [1.807, 2.05) is 0 Å². The summed E-state index contributed by atoms with van der Waals surface area (Å²) in [6.07, 6.45) is 1.15. The average Bonchev–Trinajstić information content (AvgIpc) is 2.59. The van der Waals surface area contributed by atoms with E-state index in [-0.39, 0.29) is 24.2 Å². The number of likely N-dealkylation sites (N-methyl/N-ethyl adjacent to an activating group) is 1. The third-order valence-corrected chi connectivity index (χ3v) is 4.45. The highest BCUT2D eigenvalue weighted by Crippen LogP contribution is 2.17. The van der Waals surface area contributed by atoms with Gasteiger partial charge in [-0.05, 0) is 42.0 Å². The van der Waals surface area contributed by atoms with Crippen molar-refractivity contribution < 1.29 is 22.7 Å². The number of nitrogens with one attached hydrogen (secondary N) is 1. The smallest absolute Gasteiger partial charge is 0.259 e. The van der Waals surface area contributed by atoms with Crippen LogP contribution >= 0.6 is 0 Å². The molecule has 2 aromatic rings. The molecule has 0 saturated heterocycles. The van der Waals surface area contributed by atoms with Crippen molar-refractivity contribution in [2.24, 2.45) is 0 Å². The van der Waals surface area contributed by atoms with E-state index in [1.165, 1.54) is 4.90 Å². The molecule has 0 aromatic heterocycles. The summed E-state index contributed by atoms with van der Waals surface area (Å²) >= 11 is 0. The van der Waals surface area contributed by atoms with Gasteiger partial charge in [0.05, 0.1) is 5.75 Å². The molecule has 0 radical (unpaired) electrons. The van der Waals surface area contributed by atoms with Gasteiger partial charge in [-0.2, -0.15) is 0 Å². The Morgan fingerprint density at radius 2 is 1.74 bits per heavy atom. The van der Waals surface area contributed by atoms with Gasteiger partial charge in [0, 0.05) is 31.6 Å². The molecule has 0 unspecified atom stereocenters. The summed E-state index contributed by atoms with van der Waals surface area (Å²) in [6, 6.07) is 13.1. The third kappa shape index (κ3) is 6.74. The van der Waals surface area contributed by atoms with Crippen molar-refractivity contribution in [1.82, 2.24) is 4.90 Å². The van der Waals surface area contributed by atoms with Gasteiger partial charge in [-0.25, -0.2) is 8.42 Å². The topological polar surface area (TPSA) is 92.8 Å². The first-order valence-corrected chi connectivity index (χ1v) is 10.2. The molecule has 2 rings (SSSR count). The van der Waals surface area contributed by atoms with E-state index in [0.717, 1.165) is 6.26 Å². The van der Waals surface area contributed by atoms with Crippen LogP contribution < -0.4 is 10.1 Å². The van der Waals surface area contributed by atoms with Crippen molar-refractivity contribution in [3.8, 4) is 5.75 Å². The number of hydrogen-bond acceptors (Lipinski definition) is 5. The minimum atomic E-state index is -3.17. The summed E-state index contributed by atoms with van der Waals surface area (Å²) in [5.74, 6) is -0.104. The number of benzene rings is 2. The van der Waals surface area contributed by atoms with Crippen LogP contribution in [0, 0.1) is 0 Å². The first kappa shape index (κ1) is 20.4. The zero-order valence-electron chi connectivity index (χ0n) is 15.4. The number of hydrogen-bond donors (Lipinski definition) is 1. The lowest BCUT2D eigenvalue weighted by atomic mass is 10.1. The SMILES string of the molecule is CN(C)C(=O)COc1ccc(NC(=O)c2cccc(CS(C)(=O)=O)c2)cc1. The predicted molar refractivity (Wildman–Crippen MR) is 104 cm³/mol. The Morgan fingerprint density at radius 3 is 2.33 bits per heavy atom. The van der Waals surface area contributed by atoms with Gasteiger partial charge < -0.3 is 15.0 Å². The quantitative estimate of drug-likeness (QED) is 0.780. The zero-order valence-corrected chi connectivity index (χ0v) is 16.2. The van der Waals surface area contributed by atoms with Crippen molar-refractivity contribution in [2.45, 2.75) is 5.75 Å². The van der Waals surface area contributed by atoms with Crippen LogP contribution in [0.2, 0.25) is 0 Å². The van der Waals surface area contributed by atoms with Gasteiger partial charge in [0.15, 0.2) is 16.4 Å². The van der Waals surface area contributed by atoms with Crippen LogP contribution in [0.5, 0.6) is 5.75 Å². The number of anilines is 1. The minimum Gasteiger partial charge on any atom is -0.484 e. The molecule has 8 heteroatoms. The summed E-state index contributed by atoms with van der Waals surface area (Å²) in [4.78, 5) is 25.3. The van der Waals surface area contributed by atoms with Crippen molar-refractivity contribution >= 4 is 27.3 Å². The second-order valence-corrected chi connectivity index (χ2v) is 8.47. The maximum absolute atomic E-state index is 12.4. The summed E-state index contributed by atoms with van der Waals surface area (Å²) in [5, 5.41) is 2.74. The van der Waals surface area contributed by atoms with Crippen LogP contribution in [0.15, 0.2) is 48.5 Å². The molecule has 0 heterocycles. The number of ether oxygens (including phenoxy) is 1. The molecule has 144 valence electrons. The first-order valence-electron chi connectivity index (χ1n) is 8.15. The Bertz CT molecular complexity index is 921. The van der Waals surface area contributed by atoms with Crippen molar-refractivity contribution in [3.05, 3.63) is 59.7 Å². The van der Waals surface area contributed by atoms with E-state index in [2.05, 4.69) is 5.32 Å². The lowest BCUT2D eigenvalue weighted by Gasteiger charge is -2.12. The summed E-state index contributed by atoms with van der Waals surface area (Å²) in [6.45, 7) is -0.0637. The molecule has 0 saturated carbocycles. The van der Waals surface area contributed by atoms with Gasteiger partial charge in [0.1, 0.15) is 5.75 Å². The van der Waals surface area contributed by atoms with Crippen molar-refractivity contribution in [3.63, 3.8) is 0 Å². The monoisotopic (exact) mass is 390 g/mol. The van der Waals surface area contributed by atoms with E-state index in [9.17, 15) is 18.0 Å². The predicted octanol–water partition coefficient (Wildman–Crippen LogP) is 1.95. The molecular formula is C19H22N2O5S. The average molecular weight is 390 g/mol. The van der Waals surface area contributed by atoms with Crippen molar-refractivity contribution in [2.75, 3.05) is 32.3 Å². The Balaban J connectivity index is 1.99. The van der Waals surface area contributed by atoms with E-state index >= 15 is 0 Å². The van der Waals surface area contributed by atoms with Gasteiger partial charge in [0.2, 0.25) is 0 Å². The molecular weight excluding hydrogens is 368 g/mol. The van der Waals surface area contributed by atoms with E-state index < -0.39 is 9.84 Å². The normalized spacial score (nSPS) is 10.9. The molecule has 2 aromatic carbocycles. The fraction of sp³-hybridized carbons (Fsp3) is 0.263. The van der Waals surface area contributed by atoms with Crippen LogP contribution in [-0.4, -0.2) is 52.1 Å². The highest BCUT2D eigenvalue weighted by atomic mass is 32.2. The molecule has 2 amide bonds. The molecule has 0 aliphatic rings. The standard InChI is InChI=1S/C19H22N2O5S/c1-21(2)18(22)12-26-17-9-7-16(8-10-17)20-19(23)15-6-4-5-14(11-15)13-27(3,24)25/h4-11H,12-13H2,1-3H3,(H,20,23). The molecule has 0 aliphatic heterocycles. The fourth-order valence-corrected chi connectivity index (χ4v) is 3.00. The van der Waals surface area contributed by atoms with E-state index in [0.29, 0.717) is 22.6 Å². The van der Waals surface area contributed by atoms with Gasteiger partial charge >= 0.3 is 0 Å². The molecule has 27 heavy (non-hydrogen) atoms. The van der Waals surface area contributed by atoms with Gasteiger partial charge in [-0.1, -0.05) is 12.1 Å². The molecule has 0 aliphatic carbocycles. The highest BCUT2D eigenvalue weighted by molar-refractivity contribution is 7.89. The molecule has 1 N–H and O–H groups in total. The highest BCUT2D eigenvalue weighted by Gasteiger charge is 2.10. The van der Waals surface area contributed by atoms with Crippen LogP contribution in [0.4, 0.5) is 5.69 Å². The maximum Gasteiger partial charge on any atom is 0.259 e. The Kier molecular flexibility index (Phi) is 6.57. The summed E-state index contributed by atoms with van der Waals surface area (Å²) < 4.78 is 28.2. The van der Waals surface area contributed by atoms with Crippen LogP contribution in [0.3, 0.4) is 0 Å². The fourth-order valence-electron chi connectivity index (χ4n) is 2.22. The Hall–Kier alpha value is -2.87. The lowest BCUT2D eigenvalue weighted by molar-refractivity contribution is -0.130. The molecule has 0 fully saturated rings. The molecule has 0 atom stereocenters. The lowest BCUT2D eigenvalue weighted by Crippen LogP contribution is -2.27. The number of rotatable bonds is 7. The van der Waals surface area contributed by atoms with E-state index in [1.54, 1.807) is 62.6 Å². The Morgan fingerprint density at radius 1 is 1.07 bits per heavy atom. The zero-order chi connectivity index (χ0) is 20.0. The second-order valence-electron chi connectivity index (χ2n) is 6.33. The second kappa shape index (κ2) is 8.68. The number of nitrogens with zero attached hydrogens (tertiary/aromatic N) is 1. The number of amides is 2. The molecule has 0 spiro atoms. The molecule has 7 nitrogen and oxygen atoms in total. The van der Waals surface area contributed by atoms with Gasteiger partial charge in [-0.15, -0.1) is 0 Å². The van der Waals surface area contributed by atoms with Gasteiger partial charge in [0.25, 0.3) is 11.8 Å². The van der Waals surface area contributed by atoms with Crippen LogP contribution in [0.1, 0.15) is 15.9 Å². The Labute approximate surface area is 158 Å². The summed E-state index contributed by atoms with van der Waals surface area (Å²) in [5.41, 5.74) is 1.48. The van der Waals surface area contributed by atoms with E-state index in [4.69, 9.17) is 4.74 Å². The number of carbonyl (C=O) groups is 2. The number of carbonyl (C=O) groups excluding carboxylic acids is 2.